The van der Waals surface area contributed by atoms with Crippen molar-refractivity contribution in [2.24, 2.45) is 5.92 Å². The van der Waals surface area contributed by atoms with Gasteiger partial charge in [-0.2, -0.15) is 0 Å². The maximum atomic E-state index is 13.8. The van der Waals surface area contributed by atoms with Gasteiger partial charge < -0.3 is 0 Å². The molecule has 2 nitrogen and oxygen atoms in total. The first-order valence-electron chi connectivity index (χ1n) is 7.06. The topological polar surface area (TPSA) is 34.1 Å². The number of hydrogen-bond donors (Lipinski definition) is 0. The lowest BCUT2D eigenvalue weighted by Gasteiger charge is -2.13. The first-order chi connectivity index (χ1) is 11.1. The molecule has 1 atom stereocenters. The van der Waals surface area contributed by atoms with Crippen molar-refractivity contribution in [2.75, 3.05) is 0 Å². The maximum absolute atomic E-state index is 13.8. The SMILES string of the molecule is O=C(C1=CC=CC1C(=O)c1ccccc1F)c1ccccc1F. The van der Waals surface area contributed by atoms with Gasteiger partial charge in [0.1, 0.15) is 11.6 Å². The number of ketones is 2. The molecule has 0 aromatic heterocycles. The maximum Gasteiger partial charge on any atom is 0.193 e. The van der Waals surface area contributed by atoms with Crippen LogP contribution in [0.25, 0.3) is 0 Å². The summed E-state index contributed by atoms with van der Waals surface area (Å²) in [6.07, 6.45) is 4.54. The lowest BCUT2D eigenvalue weighted by Crippen LogP contribution is -2.20. The molecule has 1 unspecified atom stereocenters. The van der Waals surface area contributed by atoms with Crippen LogP contribution in [0.4, 0.5) is 8.78 Å². The molecule has 0 saturated carbocycles. The van der Waals surface area contributed by atoms with Crippen LogP contribution in [0.15, 0.2) is 72.3 Å². The van der Waals surface area contributed by atoms with Crippen LogP contribution in [0.1, 0.15) is 20.7 Å². The average Bonchev–Trinajstić information content (AvgIpc) is 3.04. The number of rotatable bonds is 4. The third-order valence-corrected chi connectivity index (χ3v) is 3.72. The summed E-state index contributed by atoms with van der Waals surface area (Å²) in [5.74, 6) is -3.28. The van der Waals surface area contributed by atoms with Crippen molar-refractivity contribution in [1.82, 2.24) is 0 Å². The van der Waals surface area contributed by atoms with Gasteiger partial charge in [0.25, 0.3) is 0 Å². The van der Waals surface area contributed by atoms with Gasteiger partial charge in [-0.3, -0.25) is 9.59 Å². The predicted molar refractivity (Wildman–Crippen MR) is 82.2 cm³/mol. The minimum atomic E-state index is -0.904. The summed E-state index contributed by atoms with van der Waals surface area (Å²) in [5, 5.41) is 0. The Kier molecular flexibility index (Phi) is 3.98. The van der Waals surface area contributed by atoms with Gasteiger partial charge in [-0.1, -0.05) is 42.5 Å². The number of carbonyl (C=O) groups is 2. The smallest absolute Gasteiger partial charge is 0.193 e. The largest absolute Gasteiger partial charge is 0.293 e. The van der Waals surface area contributed by atoms with Crippen LogP contribution in [-0.2, 0) is 0 Å². The Labute approximate surface area is 131 Å². The standard InChI is InChI=1S/C19H12F2O2/c20-16-10-3-1-6-14(16)18(22)12-8-5-9-13(12)19(23)15-7-2-4-11-17(15)21/h1-12H. The van der Waals surface area contributed by atoms with E-state index in [4.69, 9.17) is 0 Å². The summed E-state index contributed by atoms with van der Waals surface area (Å²) in [7, 11) is 0. The number of Topliss-reactive ketones (excluding diaryl/α,β-unsaturated/α-hetero) is 2. The van der Waals surface area contributed by atoms with E-state index in [-0.39, 0.29) is 16.7 Å². The van der Waals surface area contributed by atoms with E-state index in [9.17, 15) is 18.4 Å². The number of benzene rings is 2. The normalized spacial score (nSPS) is 16.3. The fourth-order valence-electron chi connectivity index (χ4n) is 2.55. The summed E-state index contributed by atoms with van der Waals surface area (Å²) < 4.78 is 27.6. The number of allylic oxidation sites excluding steroid dienone is 4. The minimum Gasteiger partial charge on any atom is -0.293 e. The zero-order valence-electron chi connectivity index (χ0n) is 12.0. The molecule has 0 fully saturated rings. The Hall–Kier alpha value is -2.88. The first-order valence-corrected chi connectivity index (χ1v) is 7.06. The Morgan fingerprint density at radius 2 is 1.39 bits per heavy atom. The van der Waals surface area contributed by atoms with E-state index < -0.39 is 29.1 Å². The van der Waals surface area contributed by atoms with Gasteiger partial charge in [-0.15, -0.1) is 0 Å². The van der Waals surface area contributed by atoms with Gasteiger partial charge in [0, 0.05) is 5.57 Å². The van der Waals surface area contributed by atoms with Crippen molar-refractivity contribution in [3.05, 3.63) is 95.1 Å². The van der Waals surface area contributed by atoms with Crippen molar-refractivity contribution in [3.63, 3.8) is 0 Å². The molecule has 4 heteroatoms. The summed E-state index contributed by atoms with van der Waals surface area (Å²) in [6, 6.07) is 11.2. The Morgan fingerprint density at radius 1 is 0.826 bits per heavy atom. The average molecular weight is 310 g/mol. The molecular formula is C19H12F2O2. The number of hydrogen-bond acceptors (Lipinski definition) is 2. The Morgan fingerprint density at radius 3 is 2.00 bits per heavy atom. The van der Waals surface area contributed by atoms with E-state index >= 15 is 0 Å². The van der Waals surface area contributed by atoms with Crippen LogP contribution < -0.4 is 0 Å². The van der Waals surface area contributed by atoms with E-state index in [0.717, 1.165) is 0 Å². The summed E-state index contributed by atoms with van der Waals surface area (Å²) in [4.78, 5) is 25.0. The van der Waals surface area contributed by atoms with Gasteiger partial charge >= 0.3 is 0 Å². The highest BCUT2D eigenvalue weighted by molar-refractivity contribution is 6.15. The minimum absolute atomic E-state index is 0.0868. The molecule has 2 aromatic rings. The molecule has 0 bridgehead atoms. The molecule has 0 N–H and O–H groups in total. The molecule has 0 saturated heterocycles. The molecule has 0 aliphatic heterocycles. The lowest BCUT2D eigenvalue weighted by molar-refractivity contribution is 0.0925. The lowest BCUT2D eigenvalue weighted by atomic mass is 9.88. The molecule has 1 aliphatic rings. The molecule has 23 heavy (non-hydrogen) atoms. The third-order valence-electron chi connectivity index (χ3n) is 3.72. The van der Waals surface area contributed by atoms with Crippen molar-refractivity contribution >= 4 is 11.6 Å². The summed E-state index contributed by atoms with van der Waals surface area (Å²) >= 11 is 0. The van der Waals surface area contributed by atoms with Crippen LogP contribution in [0.2, 0.25) is 0 Å². The second-order valence-electron chi connectivity index (χ2n) is 5.14. The van der Waals surface area contributed by atoms with Gasteiger partial charge in [0.05, 0.1) is 17.0 Å². The van der Waals surface area contributed by atoms with Crippen molar-refractivity contribution in [1.29, 1.82) is 0 Å². The van der Waals surface area contributed by atoms with Crippen LogP contribution in [-0.4, -0.2) is 11.6 Å². The molecule has 0 radical (unpaired) electrons. The second-order valence-corrected chi connectivity index (χ2v) is 5.14. The first kappa shape index (κ1) is 15.0. The monoisotopic (exact) mass is 310 g/mol. The number of carbonyl (C=O) groups excluding carboxylic acids is 2. The van der Waals surface area contributed by atoms with E-state index in [1.807, 2.05) is 0 Å². The number of halogens is 2. The molecule has 0 spiro atoms. The van der Waals surface area contributed by atoms with Crippen molar-refractivity contribution < 1.29 is 18.4 Å². The molecule has 0 amide bonds. The second kappa shape index (κ2) is 6.08. The molecule has 0 heterocycles. The van der Waals surface area contributed by atoms with Crippen molar-refractivity contribution in [2.45, 2.75) is 0 Å². The zero-order chi connectivity index (χ0) is 16.4. The van der Waals surface area contributed by atoms with E-state index in [0.29, 0.717) is 0 Å². The van der Waals surface area contributed by atoms with Crippen LogP contribution in [0, 0.1) is 17.6 Å². The fraction of sp³-hybridized carbons (Fsp3) is 0.0526. The van der Waals surface area contributed by atoms with Gasteiger partial charge in [0.2, 0.25) is 0 Å². The summed E-state index contributed by atoms with van der Waals surface area (Å²) in [6.45, 7) is 0. The summed E-state index contributed by atoms with van der Waals surface area (Å²) in [5.41, 5.74) is -0.0478. The predicted octanol–water partition coefficient (Wildman–Crippen LogP) is 4.14. The van der Waals surface area contributed by atoms with Crippen LogP contribution in [0.3, 0.4) is 0 Å². The highest BCUT2D eigenvalue weighted by Crippen LogP contribution is 2.28. The molecule has 2 aromatic carbocycles. The fourth-order valence-corrected chi connectivity index (χ4v) is 2.55. The van der Waals surface area contributed by atoms with E-state index in [1.54, 1.807) is 18.2 Å². The Balaban J connectivity index is 1.93. The molecule has 3 rings (SSSR count). The van der Waals surface area contributed by atoms with Gasteiger partial charge in [-0.25, -0.2) is 8.78 Å². The highest BCUT2D eigenvalue weighted by Gasteiger charge is 2.31. The molecule has 1 aliphatic carbocycles. The van der Waals surface area contributed by atoms with Crippen LogP contribution in [0.5, 0.6) is 0 Å². The highest BCUT2D eigenvalue weighted by atomic mass is 19.1. The quantitative estimate of drug-likeness (QED) is 0.795. The van der Waals surface area contributed by atoms with Gasteiger partial charge in [-0.05, 0) is 24.3 Å². The Bertz CT molecular complexity index is 850. The molecular weight excluding hydrogens is 298 g/mol. The van der Waals surface area contributed by atoms with Crippen molar-refractivity contribution in [3.8, 4) is 0 Å². The van der Waals surface area contributed by atoms with E-state index in [1.165, 1.54) is 48.6 Å². The van der Waals surface area contributed by atoms with Gasteiger partial charge in [0.15, 0.2) is 11.6 Å². The third kappa shape index (κ3) is 2.75. The van der Waals surface area contributed by atoms with Crippen LogP contribution >= 0.6 is 0 Å². The molecule has 114 valence electrons. The zero-order valence-corrected chi connectivity index (χ0v) is 12.0. The van der Waals surface area contributed by atoms with E-state index in [2.05, 4.69) is 0 Å².